The first-order chi connectivity index (χ1) is 11.9. The van der Waals surface area contributed by atoms with Gasteiger partial charge in [0.1, 0.15) is 23.9 Å². The minimum absolute atomic E-state index is 0.0997. The van der Waals surface area contributed by atoms with Crippen molar-refractivity contribution in [3.63, 3.8) is 0 Å². The summed E-state index contributed by atoms with van der Waals surface area (Å²) < 4.78 is 20.8. The molecule has 3 rings (SSSR count). The summed E-state index contributed by atoms with van der Waals surface area (Å²) in [6.07, 6.45) is 1.67. The van der Waals surface area contributed by atoms with Gasteiger partial charge < -0.3 is 10.1 Å². The number of carbonyl (C=O) groups is 1. The predicted octanol–water partition coefficient (Wildman–Crippen LogP) is 4.27. The smallest absolute Gasteiger partial charge is 0.273 e. The fraction of sp³-hybridized carbons (Fsp3) is 0.0588. The van der Waals surface area contributed by atoms with Gasteiger partial charge in [0, 0.05) is 5.56 Å². The van der Waals surface area contributed by atoms with Crippen molar-refractivity contribution in [3.8, 4) is 5.75 Å². The predicted molar refractivity (Wildman–Crippen MR) is 104 cm³/mol. The normalized spacial score (nSPS) is 15.2. The third kappa shape index (κ3) is 4.26. The van der Waals surface area contributed by atoms with Crippen LogP contribution >= 0.6 is 44.1 Å². The number of amides is 1. The standard InChI is InChI=1S/C17H11Br2FN2O2S/c18-11-5-9(7-14-16(23)22-17(25)21-14)6-12(19)15(11)24-8-10-3-1-2-4-13(10)20/h1-7H,8H2,(H2,21,22,23,25). The van der Waals surface area contributed by atoms with E-state index in [1.54, 1.807) is 36.4 Å². The highest BCUT2D eigenvalue weighted by molar-refractivity contribution is 9.11. The lowest BCUT2D eigenvalue weighted by atomic mass is 10.2. The average Bonchev–Trinajstić information content (AvgIpc) is 2.85. The van der Waals surface area contributed by atoms with Crippen LogP contribution in [0, 0.1) is 5.82 Å². The lowest BCUT2D eigenvalue weighted by molar-refractivity contribution is -0.115. The Morgan fingerprint density at radius 2 is 1.84 bits per heavy atom. The summed E-state index contributed by atoms with van der Waals surface area (Å²) in [6, 6.07) is 10.0. The van der Waals surface area contributed by atoms with Crippen LogP contribution in [-0.2, 0) is 11.4 Å². The number of halogens is 3. The SMILES string of the molecule is O=C1NC(=S)NC1=Cc1cc(Br)c(OCc2ccccc2F)c(Br)c1. The lowest BCUT2D eigenvalue weighted by Crippen LogP contribution is -2.21. The number of rotatable bonds is 4. The summed E-state index contributed by atoms with van der Waals surface area (Å²) in [4.78, 5) is 11.7. The summed E-state index contributed by atoms with van der Waals surface area (Å²) in [5.41, 5.74) is 1.59. The zero-order chi connectivity index (χ0) is 18.0. The average molecular weight is 486 g/mol. The third-order valence-electron chi connectivity index (χ3n) is 3.38. The van der Waals surface area contributed by atoms with E-state index in [1.807, 2.05) is 0 Å². The monoisotopic (exact) mass is 484 g/mol. The van der Waals surface area contributed by atoms with Gasteiger partial charge in [0.05, 0.1) is 8.95 Å². The molecule has 0 bridgehead atoms. The van der Waals surface area contributed by atoms with Gasteiger partial charge in [-0.25, -0.2) is 4.39 Å². The number of hydrogen-bond acceptors (Lipinski definition) is 3. The molecule has 0 spiro atoms. The van der Waals surface area contributed by atoms with E-state index in [-0.39, 0.29) is 23.4 Å². The second-order valence-electron chi connectivity index (χ2n) is 5.16. The highest BCUT2D eigenvalue weighted by Crippen LogP contribution is 2.36. The zero-order valence-corrected chi connectivity index (χ0v) is 16.6. The highest BCUT2D eigenvalue weighted by atomic mass is 79.9. The second-order valence-corrected chi connectivity index (χ2v) is 7.28. The van der Waals surface area contributed by atoms with E-state index in [4.69, 9.17) is 17.0 Å². The minimum atomic E-state index is -0.314. The summed E-state index contributed by atoms with van der Waals surface area (Å²) in [7, 11) is 0. The Kier molecular flexibility index (Phi) is 5.51. The summed E-state index contributed by atoms with van der Waals surface area (Å²) >= 11 is 11.8. The van der Waals surface area contributed by atoms with Crippen LogP contribution in [0.1, 0.15) is 11.1 Å². The number of thiocarbonyl (C=S) groups is 1. The van der Waals surface area contributed by atoms with Gasteiger partial charge in [-0.05, 0) is 73.9 Å². The first kappa shape index (κ1) is 18.0. The molecule has 2 N–H and O–H groups in total. The van der Waals surface area contributed by atoms with Crippen LogP contribution in [0.3, 0.4) is 0 Å². The molecular weight excluding hydrogens is 475 g/mol. The lowest BCUT2D eigenvalue weighted by Gasteiger charge is -2.12. The molecule has 4 nitrogen and oxygen atoms in total. The van der Waals surface area contributed by atoms with Gasteiger partial charge in [0.2, 0.25) is 0 Å². The molecule has 1 saturated heterocycles. The van der Waals surface area contributed by atoms with Crippen LogP contribution in [0.4, 0.5) is 4.39 Å². The van der Waals surface area contributed by atoms with Crippen molar-refractivity contribution in [2.75, 3.05) is 0 Å². The van der Waals surface area contributed by atoms with Crippen LogP contribution in [-0.4, -0.2) is 11.0 Å². The van der Waals surface area contributed by atoms with Crippen LogP contribution in [0.5, 0.6) is 5.75 Å². The van der Waals surface area contributed by atoms with Gasteiger partial charge in [-0.3, -0.25) is 10.1 Å². The molecule has 0 saturated carbocycles. The fourth-order valence-corrected chi connectivity index (χ4v) is 3.87. The van der Waals surface area contributed by atoms with Crippen LogP contribution < -0.4 is 15.4 Å². The minimum Gasteiger partial charge on any atom is -0.486 e. The van der Waals surface area contributed by atoms with Gasteiger partial charge in [-0.15, -0.1) is 0 Å². The Hall–Kier alpha value is -1.77. The molecule has 1 fully saturated rings. The van der Waals surface area contributed by atoms with E-state index in [0.717, 1.165) is 5.56 Å². The Bertz CT molecular complexity index is 879. The maximum absolute atomic E-state index is 13.7. The van der Waals surface area contributed by atoms with Crippen molar-refractivity contribution >= 4 is 61.2 Å². The molecule has 0 aromatic heterocycles. The number of benzene rings is 2. The number of carbonyl (C=O) groups excluding carboxylic acids is 1. The Morgan fingerprint density at radius 1 is 1.16 bits per heavy atom. The van der Waals surface area contributed by atoms with Gasteiger partial charge >= 0.3 is 0 Å². The van der Waals surface area contributed by atoms with Gasteiger partial charge in [-0.2, -0.15) is 0 Å². The third-order valence-corrected chi connectivity index (χ3v) is 4.76. The molecule has 2 aromatic rings. The molecule has 1 amide bonds. The van der Waals surface area contributed by atoms with Gasteiger partial charge in [0.15, 0.2) is 5.11 Å². The molecule has 0 unspecified atom stereocenters. The molecule has 1 aliphatic heterocycles. The van der Waals surface area contributed by atoms with E-state index in [2.05, 4.69) is 42.5 Å². The van der Waals surface area contributed by atoms with E-state index in [0.29, 0.717) is 26.0 Å². The molecule has 2 aromatic carbocycles. The molecule has 0 aliphatic carbocycles. The first-order valence-electron chi connectivity index (χ1n) is 7.13. The first-order valence-corrected chi connectivity index (χ1v) is 9.13. The van der Waals surface area contributed by atoms with Crippen LogP contribution in [0.2, 0.25) is 0 Å². The highest BCUT2D eigenvalue weighted by Gasteiger charge is 2.20. The number of nitrogens with one attached hydrogen (secondary N) is 2. The van der Waals surface area contributed by atoms with E-state index in [1.165, 1.54) is 6.07 Å². The second kappa shape index (κ2) is 7.63. The Balaban J connectivity index is 1.81. The van der Waals surface area contributed by atoms with E-state index in [9.17, 15) is 9.18 Å². The largest absolute Gasteiger partial charge is 0.486 e. The molecule has 8 heteroatoms. The summed E-state index contributed by atoms with van der Waals surface area (Å²) in [6.45, 7) is 0.0997. The van der Waals surface area contributed by atoms with Crippen molar-refractivity contribution in [1.29, 1.82) is 0 Å². The van der Waals surface area contributed by atoms with Crippen LogP contribution in [0.25, 0.3) is 6.08 Å². The molecule has 1 heterocycles. The fourth-order valence-electron chi connectivity index (χ4n) is 2.22. The van der Waals surface area contributed by atoms with Gasteiger partial charge in [0.25, 0.3) is 5.91 Å². The number of ether oxygens (including phenoxy) is 1. The van der Waals surface area contributed by atoms with Crippen molar-refractivity contribution in [1.82, 2.24) is 10.6 Å². The maximum Gasteiger partial charge on any atom is 0.273 e. The van der Waals surface area contributed by atoms with Crippen molar-refractivity contribution in [3.05, 3.63) is 68.0 Å². The molecule has 0 atom stereocenters. The molecule has 25 heavy (non-hydrogen) atoms. The van der Waals surface area contributed by atoms with Crippen LogP contribution in [0.15, 0.2) is 51.0 Å². The molecular formula is C17H11Br2FN2O2S. The van der Waals surface area contributed by atoms with E-state index < -0.39 is 0 Å². The molecule has 0 radical (unpaired) electrons. The topological polar surface area (TPSA) is 50.4 Å². The van der Waals surface area contributed by atoms with Crippen molar-refractivity contribution in [2.45, 2.75) is 6.61 Å². The van der Waals surface area contributed by atoms with Gasteiger partial charge in [-0.1, -0.05) is 18.2 Å². The maximum atomic E-state index is 13.7. The Labute approximate surface area is 165 Å². The Morgan fingerprint density at radius 3 is 2.44 bits per heavy atom. The summed E-state index contributed by atoms with van der Waals surface area (Å²) in [5.74, 6) is -0.0488. The molecule has 1 aliphatic rings. The summed E-state index contributed by atoms with van der Waals surface area (Å²) in [5, 5.41) is 5.56. The zero-order valence-electron chi connectivity index (χ0n) is 12.6. The van der Waals surface area contributed by atoms with Crippen molar-refractivity contribution < 1.29 is 13.9 Å². The number of hydrogen-bond donors (Lipinski definition) is 2. The quantitative estimate of drug-likeness (QED) is 0.501. The van der Waals surface area contributed by atoms with E-state index >= 15 is 0 Å². The molecule has 128 valence electrons. The van der Waals surface area contributed by atoms with Crippen molar-refractivity contribution in [2.24, 2.45) is 0 Å².